The Morgan fingerprint density at radius 1 is 1.03 bits per heavy atom. The molecule has 3 aromatic rings. The average molecular weight is 458 g/mol. The summed E-state index contributed by atoms with van der Waals surface area (Å²) in [6, 6.07) is 14.8. The standard InChI is InChI=1S/C26H22N2O6/c1-32-19-5-2-17(3-6-19)23-22(24(29)18-4-7-20-21(14-18)34-13-12-33-20)25(30)26(31)28(23)15-16-8-10-27-11-9-16/h2-11,14,23,29H,12-13,15H2,1H3/b24-22+/t23-/m1/s1. The Hall–Kier alpha value is -4.33. The van der Waals surface area contributed by atoms with E-state index in [-0.39, 0.29) is 17.9 Å². The lowest BCUT2D eigenvalue weighted by Crippen LogP contribution is -2.29. The van der Waals surface area contributed by atoms with Gasteiger partial charge in [-0.1, -0.05) is 12.1 Å². The van der Waals surface area contributed by atoms with Gasteiger partial charge in [-0.25, -0.2) is 0 Å². The van der Waals surface area contributed by atoms with Crippen molar-refractivity contribution in [2.75, 3.05) is 20.3 Å². The number of ether oxygens (including phenoxy) is 3. The van der Waals surface area contributed by atoms with Crippen molar-refractivity contribution in [1.82, 2.24) is 9.88 Å². The highest BCUT2D eigenvalue weighted by molar-refractivity contribution is 6.46. The Bertz CT molecular complexity index is 1270. The molecular formula is C26H22N2O6. The SMILES string of the molecule is COc1ccc([C@@H]2/C(=C(\O)c3ccc4c(c3)OCCO4)C(=O)C(=O)N2Cc2ccncc2)cc1. The van der Waals surface area contributed by atoms with Gasteiger partial charge >= 0.3 is 0 Å². The highest BCUT2D eigenvalue weighted by Crippen LogP contribution is 2.42. The molecule has 34 heavy (non-hydrogen) atoms. The molecule has 3 heterocycles. The zero-order valence-corrected chi connectivity index (χ0v) is 18.4. The quantitative estimate of drug-likeness (QED) is 0.355. The van der Waals surface area contributed by atoms with Crippen molar-refractivity contribution in [2.24, 2.45) is 0 Å². The molecule has 1 N–H and O–H groups in total. The summed E-state index contributed by atoms with van der Waals surface area (Å²) in [7, 11) is 1.56. The molecule has 1 aromatic heterocycles. The highest BCUT2D eigenvalue weighted by Gasteiger charge is 2.46. The van der Waals surface area contributed by atoms with Crippen molar-refractivity contribution in [3.05, 3.63) is 89.3 Å². The first kappa shape index (κ1) is 21.5. The lowest BCUT2D eigenvalue weighted by molar-refractivity contribution is -0.140. The fourth-order valence-electron chi connectivity index (χ4n) is 4.21. The number of amides is 1. The Morgan fingerprint density at radius 2 is 1.74 bits per heavy atom. The van der Waals surface area contributed by atoms with E-state index in [1.54, 1.807) is 74.1 Å². The van der Waals surface area contributed by atoms with Gasteiger partial charge in [0, 0.05) is 24.5 Å². The van der Waals surface area contributed by atoms with E-state index in [4.69, 9.17) is 14.2 Å². The number of pyridine rings is 1. The van der Waals surface area contributed by atoms with E-state index in [1.165, 1.54) is 4.90 Å². The topological polar surface area (TPSA) is 98.2 Å². The highest BCUT2D eigenvalue weighted by atomic mass is 16.6. The fourth-order valence-corrected chi connectivity index (χ4v) is 4.21. The molecule has 1 amide bonds. The van der Waals surface area contributed by atoms with Crippen LogP contribution in [-0.2, 0) is 16.1 Å². The van der Waals surface area contributed by atoms with Gasteiger partial charge in [0.05, 0.1) is 18.7 Å². The number of fused-ring (bicyclic) bond motifs is 1. The van der Waals surface area contributed by atoms with Gasteiger partial charge in [0.2, 0.25) is 0 Å². The van der Waals surface area contributed by atoms with Crippen LogP contribution in [0.4, 0.5) is 0 Å². The van der Waals surface area contributed by atoms with E-state index in [9.17, 15) is 14.7 Å². The second-order valence-electron chi connectivity index (χ2n) is 7.91. The maximum atomic E-state index is 13.2. The third kappa shape index (κ3) is 3.83. The first-order chi connectivity index (χ1) is 16.6. The molecule has 2 aromatic carbocycles. The number of benzene rings is 2. The van der Waals surface area contributed by atoms with Crippen molar-refractivity contribution in [1.29, 1.82) is 0 Å². The first-order valence-electron chi connectivity index (χ1n) is 10.8. The van der Waals surface area contributed by atoms with E-state index in [0.717, 1.165) is 5.56 Å². The number of likely N-dealkylation sites (tertiary alicyclic amines) is 1. The maximum absolute atomic E-state index is 13.2. The van der Waals surface area contributed by atoms with Crippen LogP contribution in [0.25, 0.3) is 5.76 Å². The molecule has 8 nitrogen and oxygen atoms in total. The van der Waals surface area contributed by atoms with Gasteiger partial charge in [-0.3, -0.25) is 14.6 Å². The van der Waals surface area contributed by atoms with Crippen LogP contribution in [0.2, 0.25) is 0 Å². The smallest absolute Gasteiger partial charge is 0.295 e. The summed E-state index contributed by atoms with van der Waals surface area (Å²) >= 11 is 0. The summed E-state index contributed by atoms with van der Waals surface area (Å²) in [5.74, 6) is -0.0241. The van der Waals surface area contributed by atoms with Crippen LogP contribution in [0.5, 0.6) is 17.2 Å². The van der Waals surface area contributed by atoms with Gasteiger partial charge in [-0.15, -0.1) is 0 Å². The zero-order chi connectivity index (χ0) is 23.7. The number of Topliss-reactive ketones (excluding diaryl/α,β-unsaturated/α-hetero) is 1. The lowest BCUT2D eigenvalue weighted by atomic mass is 9.95. The molecule has 0 aliphatic carbocycles. The Labute approximate surface area is 196 Å². The number of carbonyl (C=O) groups is 2. The van der Waals surface area contributed by atoms with Gasteiger partial charge in [-0.2, -0.15) is 0 Å². The number of aliphatic hydroxyl groups is 1. The van der Waals surface area contributed by atoms with E-state index in [2.05, 4.69) is 4.98 Å². The van der Waals surface area contributed by atoms with Crippen LogP contribution < -0.4 is 14.2 Å². The summed E-state index contributed by atoms with van der Waals surface area (Å²) in [5.41, 5.74) is 1.87. The van der Waals surface area contributed by atoms with Crippen molar-refractivity contribution in [3.63, 3.8) is 0 Å². The van der Waals surface area contributed by atoms with Crippen LogP contribution in [0.15, 0.2) is 72.6 Å². The van der Waals surface area contributed by atoms with Crippen LogP contribution in [-0.4, -0.2) is 47.0 Å². The van der Waals surface area contributed by atoms with Crippen molar-refractivity contribution in [2.45, 2.75) is 12.6 Å². The normalized spacial score (nSPS) is 18.7. The third-order valence-electron chi connectivity index (χ3n) is 5.89. The summed E-state index contributed by atoms with van der Waals surface area (Å²) in [6.07, 6.45) is 3.26. The van der Waals surface area contributed by atoms with Crippen LogP contribution in [0.3, 0.4) is 0 Å². The molecule has 8 heteroatoms. The second kappa shape index (κ2) is 8.90. The molecule has 0 bridgehead atoms. The maximum Gasteiger partial charge on any atom is 0.295 e. The number of rotatable bonds is 5. The number of methoxy groups -OCH3 is 1. The van der Waals surface area contributed by atoms with Gasteiger partial charge in [0.15, 0.2) is 11.5 Å². The number of nitrogens with zero attached hydrogens (tertiary/aromatic N) is 2. The van der Waals surface area contributed by atoms with E-state index in [1.807, 2.05) is 0 Å². The molecule has 1 fully saturated rings. The van der Waals surface area contributed by atoms with E-state index >= 15 is 0 Å². The number of hydrogen-bond acceptors (Lipinski definition) is 7. The minimum absolute atomic E-state index is 0.0147. The molecule has 1 saturated heterocycles. The minimum atomic E-state index is -0.785. The lowest BCUT2D eigenvalue weighted by Gasteiger charge is -2.25. The average Bonchev–Trinajstić information content (AvgIpc) is 3.13. The number of aliphatic hydroxyl groups excluding tert-OH is 1. The van der Waals surface area contributed by atoms with Gasteiger partial charge < -0.3 is 24.2 Å². The summed E-state index contributed by atoms with van der Waals surface area (Å²) in [4.78, 5) is 31.8. The van der Waals surface area contributed by atoms with Crippen LogP contribution in [0.1, 0.15) is 22.7 Å². The van der Waals surface area contributed by atoms with Crippen LogP contribution in [0, 0.1) is 0 Å². The van der Waals surface area contributed by atoms with Gasteiger partial charge in [0.25, 0.3) is 11.7 Å². The predicted octanol–water partition coefficient (Wildman–Crippen LogP) is 3.48. The van der Waals surface area contributed by atoms with Gasteiger partial charge in [0.1, 0.15) is 24.7 Å². The molecular weight excluding hydrogens is 436 g/mol. The zero-order valence-electron chi connectivity index (χ0n) is 18.4. The van der Waals surface area contributed by atoms with Crippen LogP contribution >= 0.6 is 0 Å². The third-order valence-corrected chi connectivity index (χ3v) is 5.89. The number of ketones is 1. The Kier molecular flexibility index (Phi) is 5.63. The fraction of sp³-hybridized carbons (Fsp3) is 0.192. The molecule has 5 rings (SSSR count). The first-order valence-corrected chi connectivity index (χ1v) is 10.8. The molecule has 1 atom stereocenters. The largest absolute Gasteiger partial charge is 0.507 e. The molecule has 172 valence electrons. The minimum Gasteiger partial charge on any atom is -0.507 e. The van der Waals surface area contributed by atoms with E-state index in [0.29, 0.717) is 41.6 Å². The summed E-state index contributed by atoms with van der Waals surface area (Å²) in [6.45, 7) is 1.01. The summed E-state index contributed by atoms with van der Waals surface area (Å²) in [5, 5.41) is 11.3. The molecule has 0 spiro atoms. The second-order valence-corrected chi connectivity index (χ2v) is 7.91. The van der Waals surface area contributed by atoms with Crippen molar-refractivity contribution >= 4 is 17.4 Å². The molecule has 2 aliphatic rings. The molecule has 0 unspecified atom stereocenters. The summed E-state index contributed by atoms with van der Waals surface area (Å²) < 4.78 is 16.4. The Balaban J connectivity index is 1.62. The molecule has 2 aliphatic heterocycles. The molecule has 0 radical (unpaired) electrons. The number of aromatic nitrogens is 1. The molecule has 0 saturated carbocycles. The van der Waals surface area contributed by atoms with E-state index < -0.39 is 17.7 Å². The van der Waals surface area contributed by atoms with Crippen molar-refractivity contribution < 1.29 is 28.9 Å². The monoisotopic (exact) mass is 458 g/mol. The Morgan fingerprint density at radius 3 is 2.44 bits per heavy atom. The predicted molar refractivity (Wildman–Crippen MR) is 123 cm³/mol. The number of carbonyl (C=O) groups excluding carboxylic acids is 2. The van der Waals surface area contributed by atoms with Crippen molar-refractivity contribution in [3.8, 4) is 17.2 Å². The number of hydrogen-bond donors (Lipinski definition) is 1. The van der Waals surface area contributed by atoms with Gasteiger partial charge in [-0.05, 0) is 53.6 Å².